The van der Waals surface area contributed by atoms with Gasteiger partial charge in [-0.1, -0.05) is 77.6 Å². The van der Waals surface area contributed by atoms with Crippen LogP contribution in [0.4, 0.5) is 11.4 Å². The molecule has 0 unspecified atom stereocenters. The van der Waals surface area contributed by atoms with Gasteiger partial charge in [-0.05, 0) is 129 Å². The Bertz CT molecular complexity index is 3390. The second-order valence-electron chi connectivity index (χ2n) is 17.4. The van der Waals surface area contributed by atoms with Gasteiger partial charge in [0.1, 0.15) is 11.3 Å². The molecule has 4 aromatic heterocycles. The third-order valence-corrected chi connectivity index (χ3v) is 22.5. The molecule has 2 aromatic carbocycles. The number of hydrogen-bond donors (Lipinski definition) is 7. The molecule has 5 heterocycles. The number of H-pyrrole nitrogens is 2. The van der Waals surface area contributed by atoms with Crippen molar-refractivity contribution in [3.8, 4) is 23.7 Å². The highest BCUT2D eigenvalue weighted by Crippen LogP contribution is 2.82. The van der Waals surface area contributed by atoms with Gasteiger partial charge in [0.25, 0.3) is 5.91 Å². The number of nitrogens with two attached hydrogens (primary N) is 1. The zero-order valence-electron chi connectivity index (χ0n) is 46.4. The van der Waals surface area contributed by atoms with Gasteiger partial charge in [-0.15, -0.1) is 0 Å². The normalized spacial score (nSPS) is 17.5. The third kappa shape index (κ3) is 24.4. The van der Waals surface area contributed by atoms with Gasteiger partial charge in [-0.2, -0.15) is 0 Å². The number of anilines is 2. The molecule has 6 aromatic rings. The molecule has 0 aliphatic carbocycles. The van der Waals surface area contributed by atoms with Crippen LogP contribution >= 0.6 is 22.8 Å². The summed E-state index contributed by atoms with van der Waals surface area (Å²) < 4.78 is 107. The highest BCUT2D eigenvalue weighted by atomic mass is 32.2. The molecule has 1 saturated heterocycles. The average Bonchev–Trinajstić information content (AvgIpc) is 4.07. The zero-order chi connectivity index (χ0) is 59.4. The number of carbonyl (C=O) groups excluding carboxylic acids is 1. The lowest BCUT2D eigenvalue weighted by atomic mass is 10.2. The summed E-state index contributed by atoms with van der Waals surface area (Å²) in [7, 11) is -17.7. The van der Waals surface area contributed by atoms with Crippen LogP contribution < -0.4 is 20.5 Å². The molecule has 0 radical (unpaired) electrons. The maximum atomic E-state index is 12.4. The van der Waals surface area contributed by atoms with E-state index in [1.165, 1.54) is 26.6 Å². The van der Waals surface area contributed by atoms with Crippen LogP contribution in [0, 0.1) is 23.7 Å². The number of sulfonamides is 2. The molecule has 0 atom stereocenters. The summed E-state index contributed by atoms with van der Waals surface area (Å²) in [5.74, 6) is 7.17. The fraction of sp³-hybridized carbons (Fsp3) is 0.396. The van der Waals surface area contributed by atoms with Crippen molar-refractivity contribution in [2.75, 3.05) is 49.2 Å². The number of aromatic nitrogens is 4. The molecule has 27 heteroatoms. The minimum atomic E-state index is -3.57. The summed E-state index contributed by atoms with van der Waals surface area (Å²) >= 11 is 0. The Kier molecular flexibility index (Phi) is 28.8. The fourth-order valence-electron chi connectivity index (χ4n) is 7.42. The maximum Gasteiger partial charge on any atom is 0.381 e. The van der Waals surface area contributed by atoms with Crippen LogP contribution in [0.2, 0.25) is 0 Å². The van der Waals surface area contributed by atoms with Crippen molar-refractivity contribution in [3.63, 3.8) is 0 Å². The molecule has 0 spiro atoms. The first-order valence-corrected chi connectivity index (χ1v) is 34.1. The second-order valence-corrected chi connectivity index (χ2v) is 28.0. The molecule has 436 valence electrons. The van der Waals surface area contributed by atoms with Crippen LogP contribution in [0.1, 0.15) is 96.9 Å². The molecule has 22 nitrogen and oxygen atoms in total. The number of carboxylic acids is 1. The monoisotopic (exact) mass is 1200 g/mol. The van der Waals surface area contributed by atoms with Gasteiger partial charge >= 0.3 is 28.8 Å². The number of hydrogen-bond acceptors (Lipinski definition) is 16. The number of nitrogens with zero attached hydrogens (tertiary/aromatic N) is 3. The summed E-state index contributed by atoms with van der Waals surface area (Å²) in [5.41, 5.74) is 11.1. The van der Waals surface area contributed by atoms with Crippen molar-refractivity contribution in [1.29, 1.82) is 0 Å². The van der Waals surface area contributed by atoms with E-state index in [2.05, 4.69) is 78.1 Å². The summed E-state index contributed by atoms with van der Waals surface area (Å²) in [6, 6.07) is 20.9. The summed E-state index contributed by atoms with van der Waals surface area (Å²) in [4.78, 5) is 37.7. The van der Waals surface area contributed by atoms with Crippen molar-refractivity contribution < 1.29 is 58.2 Å². The van der Waals surface area contributed by atoms with E-state index in [9.17, 15) is 40.1 Å². The number of aromatic amines is 2. The average molecular weight is 1200 g/mol. The van der Waals surface area contributed by atoms with Gasteiger partial charge in [0.15, 0.2) is 0 Å². The molecule has 1 fully saturated rings. The van der Waals surface area contributed by atoms with Crippen LogP contribution in [0.25, 0.3) is 22.1 Å². The summed E-state index contributed by atoms with van der Waals surface area (Å²) in [6.07, 6.45) is 8.77. The van der Waals surface area contributed by atoms with E-state index in [1.54, 1.807) is 113 Å². The van der Waals surface area contributed by atoms with E-state index in [-0.39, 0.29) is 43.1 Å². The second kappa shape index (κ2) is 33.7. The number of benzene rings is 2. The van der Waals surface area contributed by atoms with Gasteiger partial charge < -0.3 is 31.0 Å². The van der Waals surface area contributed by atoms with E-state index in [1.807, 2.05) is 18.1 Å². The Hall–Kier alpha value is -5.97. The van der Waals surface area contributed by atoms with E-state index in [4.69, 9.17) is 23.8 Å². The number of fused-ring (bicyclic) bond motifs is 2. The Morgan fingerprint density at radius 1 is 0.637 bits per heavy atom. The van der Waals surface area contributed by atoms with Crippen molar-refractivity contribution >= 4 is 88.2 Å². The van der Waals surface area contributed by atoms with E-state index >= 15 is 0 Å². The number of carbonyl (C=O) groups is 2. The van der Waals surface area contributed by atoms with Crippen LogP contribution in [0.15, 0.2) is 97.6 Å². The van der Waals surface area contributed by atoms with Gasteiger partial charge in [0.05, 0.1) is 30.0 Å². The Morgan fingerprint density at radius 3 is 1.43 bits per heavy atom. The highest BCUT2D eigenvalue weighted by molar-refractivity contribution is 7.89. The number of rotatable bonds is 20. The molecule has 1 amide bonds. The lowest BCUT2D eigenvalue weighted by molar-refractivity contribution is -0.130. The molecule has 1 aliphatic rings. The molecular formula is C53H74N9O13P3S2. The number of aliphatic carboxylic acids is 1. The Balaban J connectivity index is 0.000000287. The van der Waals surface area contributed by atoms with Crippen molar-refractivity contribution in [2.24, 2.45) is 0 Å². The first kappa shape index (κ1) is 68.3. The van der Waals surface area contributed by atoms with E-state index in [0.717, 1.165) is 27.5 Å². The summed E-state index contributed by atoms with van der Waals surface area (Å²) in [6.45, 7) is 19.0. The Morgan fingerprint density at radius 2 is 1.06 bits per heavy atom. The maximum absolute atomic E-state index is 12.4. The quantitative estimate of drug-likeness (QED) is 0.0212. The van der Waals surface area contributed by atoms with Crippen molar-refractivity contribution in [3.05, 3.63) is 120 Å². The molecule has 8 N–H and O–H groups in total. The fourth-order valence-corrected chi connectivity index (χ4v) is 18.9. The van der Waals surface area contributed by atoms with Gasteiger partial charge in [-0.25, -0.2) is 54.0 Å². The number of carboxylic acid groups (broad SMARTS) is 1. The van der Waals surface area contributed by atoms with Gasteiger partial charge in [0, 0.05) is 65.9 Å². The van der Waals surface area contributed by atoms with Gasteiger partial charge in [0.2, 0.25) is 20.0 Å². The summed E-state index contributed by atoms with van der Waals surface area (Å²) in [5, 5.41) is 12.1. The molecule has 1 aliphatic heterocycles. The van der Waals surface area contributed by atoms with Crippen LogP contribution in [0.3, 0.4) is 0 Å². The molecule has 0 bridgehead atoms. The molecular weight excluding hydrogens is 1130 g/mol. The van der Waals surface area contributed by atoms with E-state index in [0.29, 0.717) is 47.4 Å². The van der Waals surface area contributed by atoms with Crippen molar-refractivity contribution in [1.82, 2.24) is 34.3 Å². The number of nitrogens with one attached hydrogen (secondary N) is 5. The van der Waals surface area contributed by atoms with Crippen LogP contribution in [-0.4, -0.2) is 96.8 Å². The zero-order valence-corrected chi connectivity index (χ0v) is 50.7. The first-order chi connectivity index (χ1) is 37.9. The Labute approximate surface area is 470 Å². The predicted molar refractivity (Wildman–Crippen MR) is 317 cm³/mol. The van der Waals surface area contributed by atoms with Crippen molar-refractivity contribution in [2.45, 2.75) is 99.2 Å². The molecule has 0 saturated carbocycles. The largest absolute Gasteiger partial charge is 0.472 e. The van der Waals surface area contributed by atoms with E-state index < -0.39 is 54.7 Å². The number of amides is 1. The number of pyridine rings is 2. The third-order valence-electron chi connectivity index (χ3n) is 11.0. The molecule has 80 heavy (non-hydrogen) atoms. The smallest absolute Gasteiger partial charge is 0.381 e. The SMILES string of the molecule is CC#CC(=O)Nc1cccc(CS(=O)(=O)NCc2ccnc3[nH]ccc23)c1.CC#CC(=O)O.CCCP1(=O)OP(=O)(CCC)OP(=O)(CCC)O1.CCN(CC)CC.Nc1cccc(CS(=O)(=O)NCc2ccnc3[nH]ccc23)c1. The standard InChI is InChI=1S/C19H18N4O3S.C15H16N4O2S.C9H21O6P3.C6H15N.C4H4O2/c1-2-4-18(24)23-16-6-3-5-14(11-16)13-27(25,26)22-12-15-7-9-20-19-17(15)8-10-21-19;16-13-3-1-2-11(8-13)10-22(20,21)19-9-12-4-6-17-15-14(12)5-7-18-15;1-4-7-16(10)13-17(11,8-5-2)15-18(12,14-16)9-6-3;1-4-7(5-2)6-3;1-2-3-4(5)6/h3,5-11,22H,12-13H2,1H3,(H,20,21)(H,23,24);1-8,19H,9-10,16H2,(H,17,18);4-9H2,1-3H3;4-6H2,1-3H3;1H3,(H,5,6). The van der Waals surface area contributed by atoms with Gasteiger partial charge in [-0.3, -0.25) is 18.5 Å². The first-order valence-electron chi connectivity index (χ1n) is 25.6. The minimum absolute atomic E-state index is 0.0978. The predicted octanol–water partition coefficient (Wildman–Crippen LogP) is 10.2. The lowest BCUT2D eigenvalue weighted by Gasteiger charge is -2.33. The minimum Gasteiger partial charge on any atom is -0.472 e. The topological polar surface area (TPSA) is 324 Å². The van der Waals surface area contributed by atoms with Crippen LogP contribution in [-0.2, 0) is 80.9 Å². The number of nitrogen functional groups attached to an aromatic ring is 1. The lowest BCUT2D eigenvalue weighted by Crippen LogP contribution is -2.24. The van der Waals surface area contributed by atoms with Crippen LogP contribution in [0.5, 0.6) is 0 Å². The molecule has 7 rings (SSSR count). The highest BCUT2D eigenvalue weighted by Gasteiger charge is 2.51.